The molecule has 2 aromatic carbocycles. The van der Waals surface area contributed by atoms with E-state index in [9.17, 15) is 13.2 Å². The number of nitrogens with zero attached hydrogens (tertiary/aromatic N) is 2. The highest BCUT2D eigenvalue weighted by atomic mass is 35.5. The molecule has 3 rings (SSSR count). The summed E-state index contributed by atoms with van der Waals surface area (Å²) < 4.78 is 38.5. The first kappa shape index (κ1) is 20.0. The van der Waals surface area contributed by atoms with Gasteiger partial charge in [-0.25, -0.2) is 0 Å². The first-order valence-corrected chi connectivity index (χ1v) is 9.33. The molecule has 0 amide bonds. The lowest BCUT2D eigenvalue weighted by Gasteiger charge is -2.37. The highest BCUT2D eigenvalue weighted by Gasteiger charge is 2.30. The summed E-state index contributed by atoms with van der Waals surface area (Å²) in [6, 6.07) is 10.5. The molecule has 0 saturated carbocycles. The third kappa shape index (κ3) is 4.97. The lowest BCUT2D eigenvalue weighted by atomic mass is 10.2. The average Bonchev–Trinajstić information content (AvgIpc) is 2.63. The summed E-state index contributed by atoms with van der Waals surface area (Å²) in [5.41, 5.74) is 0.585. The minimum Gasteiger partial charge on any atom is -0.368 e. The molecule has 144 valence electrons. The van der Waals surface area contributed by atoms with Crippen molar-refractivity contribution in [3.63, 3.8) is 0 Å². The number of anilines is 2. The molecule has 3 nitrogen and oxygen atoms in total. The second-order valence-corrected chi connectivity index (χ2v) is 7.28. The molecule has 1 fully saturated rings. The number of benzene rings is 2. The van der Waals surface area contributed by atoms with E-state index in [0.717, 1.165) is 17.8 Å². The Labute approximate surface area is 170 Å². The maximum absolute atomic E-state index is 12.8. The molecular weight excluding hydrogens is 418 g/mol. The molecular formula is C18H16Cl2F3N3S. The van der Waals surface area contributed by atoms with E-state index in [0.29, 0.717) is 47.0 Å². The van der Waals surface area contributed by atoms with Gasteiger partial charge in [-0.05, 0) is 48.6 Å². The second-order valence-electron chi connectivity index (χ2n) is 6.08. The van der Waals surface area contributed by atoms with E-state index >= 15 is 0 Å². The van der Waals surface area contributed by atoms with Gasteiger partial charge >= 0.3 is 6.18 Å². The second kappa shape index (κ2) is 8.12. The third-order valence-electron chi connectivity index (χ3n) is 4.28. The molecule has 0 aromatic heterocycles. The Morgan fingerprint density at radius 3 is 2.30 bits per heavy atom. The number of halogens is 5. The lowest BCUT2D eigenvalue weighted by Crippen LogP contribution is -2.50. The van der Waals surface area contributed by atoms with Crippen molar-refractivity contribution in [1.82, 2.24) is 4.90 Å². The van der Waals surface area contributed by atoms with Gasteiger partial charge in [-0.1, -0.05) is 29.3 Å². The van der Waals surface area contributed by atoms with E-state index < -0.39 is 11.7 Å². The minimum atomic E-state index is -4.38. The number of thiocarbonyl (C=S) groups is 1. The Kier molecular flexibility index (Phi) is 6.03. The summed E-state index contributed by atoms with van der Waals surface area (Å²) in [5, 5.41) is 4.30. The molecule has 1 N–H and O–H groups in total. The van der Waals surface area contributed by atoms with Gasteiger partial charge in [0, 0.05) is 37.6 Å². The van der Waals surface area contributed by atoms with Gasteiger partial charge in [0.1, 0.15) is 0 Å². The van der Waals surface area contributed by atoms with E-state index in [1.807, 2.05) is 17.0 Å². The van der Waals surface area contributed by atoms with Gasteiger partial charge in [-0.2, -0.15) is 13.2 Å². The molecule has 1 aliphatic heterocycles. The Balaban J connectivity index is 1.59. The van der Waals surface area contributed by atoms with E-state index in [2.05, 4.69) is 10.2 Å². The van der Waals surface area contributed by atoms with Gasteiger partial charge in [0.15, 0.2) is 5.11 Å². The fraction of sp³-hybridized carbons (Fsp3) is 0.278. The normalized spacial score (nSPS) is 15.0. The van der Waals surface area contributed by atoms with Crippen molar-refractivity contribution < 1.29 is 13.2 Å². The molecule has 0 atom stereocenters. The van der Waals surface area contributed by atoms with Crippen LogP contribution in [0, 0.1) is 0 Å². The van der Waals surface area contributed by atoms with E-state index in [1.54, 1.807) is 12.1 Å². The molecule has 0 radical (unpaired) electrons. The van der Waals surface area contributed by atoms with Crippen molar-refractivity contribution in [2.75, 3.05) is 36.4 Å². The van der Waals surface area contributed by atoms with Crippen LogP contribution in [0.25, 0.3) is 0 Å². The first-order chi connectivity index (χ1) is 12.7. The summed E-state index contributed by atoms with van der Waals surface area (Å²) >= 11 is 17.4. The van der Waals surface area contributed by atoms with Gasteiger partial charge < -0.3 is 15.1 Å². The number of alkyl halides is 3. The monoisotopic (exact) mass is 433 g/mol. The predicted molar refractivity (Wildman–Crippen MR) is 108 cm³/mol. The van der Waals surface area contributed by atoms with E-state index in [1.165, 1.54) is 6.07 Å². The number of nitrogens with one attached hydrogen (secondary N) is 1. The minimum absolute atomic E-state index is 0.321. The van der Waals surface area contributed by atoms with Crippen molar-refractivity contribution in [2.24, 2.45) is 0 Å². The zero-order valence-corrected chi connectivity index (χ0v) is 16.4. The van der Waals surface area contributed by atoms with Crippen molar-refractivity contribution in [3.8, 4) is 0 Å². The van der Waals surface area contributed by atoms with Crippen LogP contribution in [-0.2, 0) is 6.18 Å². The van der Waals surface area contributed by atoms with Crippen LogP contribution < -0.4 is 10.2 Å². The van der Waals surface area contributed by atoms with Crippen LogP contribution in [0.4, 0.5) is 24.5 Å². The van der Waals surface area contributed by atoms with Gasteiger partial charge in [-0.15, -0.1) is 0 Å². The van der Waals surface area contributed by atoms with Crippen LogP contribution in [0.2, 0.25) is 10.0 Å². The summed E-state index contributed by atoms with van der Waals surface area (Å²) in [6.45, 7) is 2.71. The fourth-order valence-corrected chi connectivity index (χ4v) is 3.42. The molecule has 2 aromatic rings. The summed E-state index contributed by atoms with van der Waals surface area (Å²) in [7, 11) is 0. The zero-order chi connectivity index (χ0) is 19.6. The zero-order valence-electron chi connectivity index (χ0n) is 14.1. The first-order valence-electron chi connectivity index (χ1n) is 8.17. The average molecular weight is 434 g/mol. The molecule has 0 spiro atoms. The van der Waals surface area contributed by atoms with E-state index in [-0.39, 0.29) is 0 Å². The SMILES string of the molecule is FC(F)(F)c1cccc(NC(=S)N2CCN(c3ccc(Cl)c(Cl)c3)CC2)c1. The molecule has 0 bridgehead atoms. The molecule has 9 heteroatoms. The highest BCUT2D eigenvalue weighted by molar-refractivity contribution is 7.80. The van der Waals surface area contributed by atoms with Crippen LogP contribution >= 0.6 is 35.4 Å². The highest BCUT2D eigenvalue weighted by Crippen LogP contribution is 2.31. The molecule has 0 aliphatic carbocycles. The molecule has 27 heavy (non-hydrogen) atoms. The Bertz CT molecular complexity index is 837. The number of hydrogen-bond acceptors (Lipinski definition) is 2. The summed E-state index contributed by atoms with van der Waals surface area (Å²) in [5.74, 6) is 0. The third-order valence-corrected chi connectivity index (χ3v) is 5.38. The molecule has 1 heterocycles. The van der Waals surface area contributed by atoms with Gasteiger partial charge in [0.2, 0.25) is 0 Å². The Hall–Kier alpha value is -1.70. The largest absolute Gasteiger partial charge is 0.416 e. The fourth-order valence-electron chi connectivity index (χ4n) is 2.83. The molecule has 0 unspecified atom stereocenters. The van der Waals surface area contributed by atoms with Crippen molar-refractivity contribution in [3.05, 3.63) is 58.1 Å². The van der Waals surface area contributed by atoms with Crippen LogP contribution in [0.1, 0.15) is 5.56 Å². The standard InChI is InChI=1S/C18H16Cl2F3N3S/c19-15-5-4-14(11-16(15)20)25-6-8-26(9-7-25)17(27)24-13-3-1-2-12(10-13)18(21,22)23/h1-5,10-11H,6-9H2,(H,24,27). The van der Waals surface area contributed by atoms with Gasteiger partial charge in [0.05, 0.1) is 15.6 Å². The quantitative estimate of drug-likeness (QED) is 0.627. The van der Waals surface area contributed by atoms with E-state index in [4.69, 9.17) is 35.4 Å². The number of piperazine rings is 1. The predicted octanol–water partition coefficient (Wildman–Crippen LogP) is 5.53. The summed E-state index contributed by atoms with van der Waals surface area (Å²) in [4.78, 5) is 4.09. The Morgan fingerprint density at radius 1 is 0.963 bits per heavy atom. The smallest absolute Gasteiger partial charge is 0.368 e. The maximum Gasteiger partial charge on any atom is 0.416 e. The van der Waals surface area contributed by atoms with Crippen molar-refractivity contribution in [2.45, 2.75) is 6.18 Å². The van der Waals surface area contributed by atoms with Crippen LogP contribution in [0.5, 0.6) is 0 Å². The van der Waals surface area contributed by atoms with Crippen molar-refractivity contribution >= 4 is 51.9 Å². The van der Waals surface area contributed by atoms with Gasteiger partial charge in [0.25, 0.3) is 0 Å². The molecule has 1 aliphatic rings. The van der Waals surface area contributed by atoms with Crippen molar-refractivity contribution in [1.29, 1.82) is 0 Å². The van der Waals surface area contributed by atoms with Crippen LogP contribution in [-0.4, -0.2) is 36.2 Å². The van der Waals surface area contributed by atoms with Crippen LogP contribution in [0.15, 0.2) is 42.5 Å². The topological polar surface area (TPSA) is 18.5 Å². The Morgan fingerprint density at radius 2 is 1.67 bits per heavy atom. The molecule has 1 saturated heterocycles. The van der Waals surface area contributed by atoms with Gasteiger partial charge in [-0.3, -0.25) is 0 Å². The number of rotatable bonds is 2. The lowest BCUT2D eigenvalue weighted by molar-refractivity contribution is -0.137. The maximum atomic E-state index is 12.8. The summed E-state index contributed by atoms with van der Waals surface area (Å²) in [6.07, 6.45) is -4.38. The van der Waals surface area contributed by atoms with Crippen LogP contribution in [0.3, 0.4) is 0 Å². The number of hydrogen-bond donors (Lipinski definition) is 1.